The molecule has 1 heterocycles. The number of nitrogens with two attached hydrogens (primary N) is 1. The van der Waals surface area contributed by atoms with Crippen LogP contribution in [-0.4, -0.2) is 0 Å². The highest BCUT2D eigenvalue weighted by Crippen LogP contribution is 2.33. The number of benzene rings is 1. The number of halogens is 1. The highest BCUT2D eigenvalue weighted by Gasteiger charge is 2.06. The van der Waals surface area contributed by atoms with Gasteiger partial charge in [-0.1, -0.05) is 17.7 Å². The molecule has 78 valence electrons. The van der Waals surface area contributed by atoms with Gasteiger partial charge in [0.1, 0.15) is 0 Å². The molecule has 0 bridgehead atoms. The maximum Gasteiger partial charge on any atom is 0.0641 e. The Bertz CT molecular complexity index is 502. The molecule has 0 radical (unpaired) electrons. The maximum absolute atomic E-state index is 6.00. The highest BCUT2D eigenvalue weighted by atomic mass is 35.5. The lowest BCUT2D eigenvalue weighted by molar-refractivity contribution is 1.56. The minimum atomic E-state index is 0.621. The third kappa shape index (κ3) is 2.01. The van der Waals surface area contributed by atoms with Crippen LogP contribution < -0.4 is 5.73 Å². The molecule has 2 rings (SSSR count). The zero-order valence-corrected chi connectivity index (χ0v) is 10.2. The van der Waals surface area contributed by atoms with Gasteiger partial charge < -0.3 is 5.73 Å². The summed E-state index contributed by atoms with van der Waals surface area (Å²) < 4.78 is 0. The zero-order chi connectivity index (χ0) is 11.0. The van der Waals surface area contributed by atoms with Gasteiger partial charge in [-0.3, -0.25) is 0 Å². The van der Waals surface area contributed by atoms with Crippen molar-refractivity contribution >= 4 is 28.6 Å². The predicted molar refractivity (Wildman–Crippen MR) is 68.7 cm³/mol. The molecular formula is C12H12ClNS. The number of rotatable bonds is 1. The van der Waals surface area contributed by atoms with Crippen LogP contribution in [0.25, 0.3) is 11.1 Å². The third-order valence-electron chi connectivity index (χ3n) is 2.35. The molecule has 0 amide bonds. The fourth-order valence-corrected chi connectivity index (χ4v) is 2.74. The molecule has 0 aliphatic rings. The smallest absolute Gasteiger partial charge is 0.0641 e. The van der Waals surface area contributed by atoms with Crippen molar-refractivity contribution in [1.82, 2.24) is 0 Å². The molecule has 2 aromatic rings. The van der Waals surface area contributed by atoms with Gasteiger partial charge in [0.15, 0.2) is 0 Å². The van der Waals surface area contributed by atoms with E-state index < -0.39 is 0 Å². The van der Waals surface area contributed by atoms with Crippen molar-refractivity contribution in [2.45, 2.75) is 13.8 Å². The van der Waals surface area contributed by atoms with Crippen LogP contribution in [0, 0.1) is 13.8 Å². The van der Waals surface area contributed by atoms with E-state index in [0.717, 1.165) is 5.56 Å². The summed E-state index contributed by atoms with van der Waals surface area (Å²) in [6, 6.07) is 7.97. The van der Waals surface area contributed by atoms with E-state index in [4.69, 9.17) is 17.3 Å². The van der Waals surface area contributed by atoms with Crippen LogP contribution >= 0.6 is 22.9 Å². The molecule has 15 heavy (non-hydrogen) atoms. The van der Waals surface area contributed by atoms with Crippen LogP contribution in [0.15, 0.2) is 24.3 Å². The molecule has 0 saturated carbocycles. The van der Waals surface area contributed by atoms with E-state index in [1.54, 1.807) is 11.3 Å². The molecule has 0 saturated heterocycles. The molecule has 0 unspecified atom stereocenters. The fourth-order valence-electron chi connectivity index (χ4n) is 1.61. The first-order valence-corrected chi connectivity index (χ1v) is 5.90. The average molecular weight is 238 g/mol. The summed E-state index contributed by atoms with van der Waals surface area (Å²) in [5, 5.41) is 0.621. The predicted octanol–water partition coefficient (Wildman–Crippen LogP) is 4.27. The number of hydrogen-bond donors (Lipinski definition) is 1. The SMILES string of the molecule is Cc1cc(-c2ccc(N)c(Cl)c2)c(C)s1. The van der Waals surface area contributed by atoms with Gasteiger partial charge in [0.2, 0.25) is 0 Å². The Morgan fingerprint density at radius 3 is 2.47 bits per heavy atom. The molecule has 0 spiro atoms. The van der Waals surface area contributed by atoms with Gasteiger partial charge >= 0.3 is 0 Å². The monoisotopic (exact) mass is 237 g/mol. The molecule has 0 aliphatic heterocycles. The minimum Gasteiger partial charge on any atom is -0.398 e. The minimum absolute atomic E-state index is 0.621. The van der Waals surface area contributed by atoms with Crippen LogP contribution in [-0.2, 0) is 0 Å². The molecule has 3 heteroatoms. The van der Waals surface area contributed by atoms with Crippen LogP contribution in [0.3, 0.4) is 0 Å². The average Bonchev–Trinajstić information content (AvgIpc) is 2.50. The zero-order valence-electron chi connectivity index (χ0n) is 8.67. The summed E-state index contributed by atoms with van der Waals surface area (Å²) in [6.45, 7) is 4.23. The molecular weight excluding hydrogens is 226 g/mol. The van der Waals surface area contributed by atoms with Crippen molar-refractivity contribution in [1.29, 1.82) is 0 Å². The Morgan fingerprint density at radius 2 is 1.93 bits per heavy atom. The van der Waals surface area contributed by atoms with Gasteiger partial charge in [-0.25, -0.2) is 0 Å². The Morgan fingerprint density at radius 1 is 1.20 bits per heavy atom. The van der Waals surface area contributed by atoms with Crippen molar-refractivity contribution in [2.24, 2.45) is 0 Å². The van der Waals surface area contributed by atoms with Gasteiger partial charge in [-0.15, -0.1) is 11.3 Å². The molecule has 0 aliphatic carbocycles. The first kappa shape index (κ1) is 10.5. The van der Waals surface area contributed by atoms with E-state index in [0.29, 0.717) is 10.7 Å². The lowest BCUT2D eigenvalue weighted by Gasteiger charge is -2.03. The largest absolute Gasteiger partial charge is 0.398 e. The first-order chi connectivity index (χ1) is 7.08. The van der Waals surface area contributed by atoms with Crippen LogP contribution in [0.1, 0.15) is 9.75 Å². The number of thiophene rings is 1. The van der Waals surface area contributed by atoms with Gasteiger partial charge in [-0.05, 0) is 43.2 Å². The van der Waals surface area contributed by atoms with Gasteiger partial charge in [0.25, 0.3) is 0 Å². The summed E-state index contributed by atoms with van der Waals surface area (Å²) in [4.78, 5) is 2.63. The lowest BCUT2D eigenvalue weighted by Crippen LogP contribution is -1.86. The van der Waals surface area contributed by atoms with E-state index in [1.807, 2.05) is 18.2 Å². The van der Waals surface area contributed by atoms with E-state index in [-0.39, 0.29) is 0 Å². The summed E-state index contributed by atoms with van der Waals surface area (Å²) >= 11 is 7.80. The number of nitrogen functional groups attached to an aromatic ring is 1. The van der Waals surface area contributed by atoms with Crippen molar-refractivity contribution in [3.8, 4) is 11.1 Å². The highest BCUT2D eigenvalue weighted by molar-refractivity contribution is 7.12. The summed E-state index contributed by atoms with van der Waals surface area (Å²) in [7, 11) is 0. The van der Waals surface area contributed by atoms with Gasteiger partial charge in [0.05, 0.1) is 10.7 Å². The van der Waals surface area contributed by atoms with Crippen molar-refractivity contribution in [2.75, 3.05) is 5.73 Å². The molecule has 1 aromatic carbocycles. The Kier molecular flexibility index (Phi) is 2.72. The Balaban J connectivity index is 2.54. The van der Waals surface area contributed by atoms with E-state index in [1.165, 1.54) is 15.3 Å². The summed E-state index contributed by atoms with van der Waals surface area (Å²) in [6.07, 6.45) is 0. The Hall–Kier alpha value is -0.990. The topological polar surface area (TPSA) is 26.0 Å². The fraction of sp³-hybridized carbons (Fsp3) is 0.167. The standard InChI is InChI=1S/C12H12ClNS/c1-7-5-10(8(2)15-7)9-3-4-12(14)11(13)6-9/h3-6H,14H2,1-2H3. The van der Waals surface area contributed by atoms with E-state index in [2.05, 4.69) is 19.9 Å². The molecule has 1 nitrogen and oxygen atoms in total. The summed E-state index contributed by atoms with van der Waals surface area (Å²) in [5.41, 5.74) is 8.70. The van der Waals surface area contributed by atoms with E-state index in [9.17, 15) is 0 Å². The van der Waals surface area contributed by atoms with Crippen molar-refractivity contribution in [3.05, 3.63) is 39.0 Å². The van der Waals surface area contributed by atoms with Gasteiger partial charge in [0, 0.05) is 9.75 Å². The third-order valence-corrected chi connectivity index (χ3v) is 3.65. The molecule has 1 aromatic heterocycles. The normalized spacial score (nSPS) is 10.6. The van der Waals surface area contributed by atoms with Crippen LogP contribution in [0.4, 0.5) is 5.69 Å². The Labute approximate surface area is 98.5 Å². The van der Waals surface area contributed by atoms with Crippen LogP contribution in [0.5, 0.6) is 0 Å². The number of hydrogen-bond acceptors (Lipinski definition) is 2. The second-order valence-corrected chi connectivity index (χ2v) is 5.43. The number of aryl methyl sites for hydroxylation is 2. The maximum atomic E-state index is 6.00. The lowest BCUT2D eigenvalue weighted by atomic mass is 10.1. The van der Waals surface area contributed by atoms with Crippen LogP contribution in [0.2, 0.25) is 5.02 Å². The molecule has 0 atom stereocenters. The second kappa shape index (κ2) is 3.87. The van der Waals surface area contributed by atoms with Gasteiger partial charge in [-0.2, -0.15) is 0 Å². The summed E-state index contributed by atoms with van der Waals surface area (Å²) in [5.74, 6) is 0. The van der Waals surface area contributed by atoms with E-state index >= 15 is 0 Å². The molecule has 0 fully saturated rings. The number of anilines is 1. The van der Waals surface area contributed by atoms with Crippen molar-refractivity contribution < 1.29 is 0 Å². The van der Waals surface area contributed by atoms with Crippen molar-refractivity contribution in [3.63, 3.8) is 0 Å². The second-order valence-electron chi connectivity index (χ2n) is 3.56. The first-order valence-electron chi connectivity index (χ1n) is 4.70. The quantitative estimate of drug-likeness (QED) is 0.737. The molecule has 2 N–H and O–H groups in total.